The van der Waals surface area contributed by atoms with Gasteiger partial charge in [0.05, 0.1) is 6.42 Å². The molecule has 0 aliphatic rings. The maximum absolute atomic E-state index is 13.8. The van der Waals surface area contributed by atoms with Gasteiger partial charge in [-0.1, -0.05) is 6.92 Å². The van der Waals surface area contributed by atoms with Gasteiger partial charge in [-0.05, 0) is 6.42 Å². The number of carbonyl (C=O) groups is 1. The van der Waals surface area contributed by atoms with Crippen molar-refractivity contribution in [2.75, 3.05) is 0 Å². The molecule has 0 fully saturated rings. The van der Waals surface area contributed by atoms with Gasteiger partial charge in [0.25, 0.3) is 0 Å². The zero-order valence-corrected chi connectivity index (χ0v) is 11.3. The average molecular weight is 388 g/mol. The number of alkyl halides is 12. The van der Waals surface area contributed by atoms with Crippen molar-refractivity contribution in [3.63, 3.8) is 0 Å². The predicted octanol–water partition coefficient (Wildman–Crippen LogP) is 4.68. The van der Waals surface area contributed by atoms with Gasteiger partial charge >= 0.3 is 35.8 Å². The molecule has 0 aliphatic carbocycles. The molecule has 1 atom stereocenters. The fourth-order valence-corrected chi connectivity index (χ4v) is 1.55. The lowest BCUT2D eigenvalue weighted by atomic mass is 9.83. The Bertz CT molecular complexity index is 483. The second-order valence-electron chi connectivity index (χ2n) is 4.68. The van der Waals surface area contributed by atoms with E-state index in [-0.39, 0.29) is 6.92 Å². The number of hydrogen-bond donors (Lipinski definition) is 1. The number of carboxylic acid groups (broad SMARTS) is 1. The van der Waals surface area contributed by atoms with Crippen LogP contribution in [0.3, 0.4) is 0 Å². The molecular weight excluding hydrogens is 380 g/mol. The molecule has 2 nitrogen and oxygen atoms in total. The van der Waals surface area contributed by atoms with Gasteiger partial charge in [-0.3, -0.25) is 4.79 Å². The van der Waals surface area contributed by atoms with Crippen LogP contribution in [0.5, 0.6) is 0 Å². The van der Waals surface area contributed by atoms with Crippen molar-refractivity contribution >= 4 is 5.97 Å². The van der Waals surface area contributed by atoms with Crippen LogP contribution in [0.1, 0.15) is 19.8 Å². The molecule has 0 spiro atoms. The summed E-state index contributed by atoms with van der Waals surface area (Å²) >= 11 is 0. The summed E-state index contributed by atoms with van der Waals surface area (Å²) in [7, 11) is 0. The number of aliphatic carboxylic acids is 1. The van der Waals surface area contributed by atoms with Crippen molar-refractivity contribution in [1.29, 1.82) is 0 Å². The Morgan fingerprint density at radius 3 is 1.29 bits per heavy atom. The molecule has 0 radical (unpaired) electrons. The van der Waals surface area contributed by atoms with Gasteiger partial charge in [0.1, 0.15) is 0 Å². The Morgan fingerprint density at radius 1 is 0.708 bits per heavy atom. The first-order chi connectivity index (χ1) is 10.2. The standard InChI is InChI=1S/C10H8F12O2/c1-2-5(11,3-4(23)24)6(12,13)7(14,15)8(16,17)9(18,19)10(20,21)22/h2-3H2,1H3,(H,23,24). The van der Waals surface area contributed by atoms with Crippen molar-refractivity contribution in [1.82, 2.24) is 0 Å². The molecule has 1 N–H and O–H groups in total. The molecule has 144 valence electrons. The van der Waals surface area contributed by atoms with E-state index in [1.807, 2.05) is 0 Å². The van der Waals surface area contributed by atoms with E-state index in [2.05, 4.69) is 0 Å². The van der Waals surface area contributed by atoms with Crippen LogP contribution >= 0.6 is 0 Å². The Kier molecular flexibility index (Phi) is 5.53. The van der Waals surface area contributed by atoms with E-state index < -0.39 is 54.3 Å². The van der Waals surface area contributed by atoms with Crippen LogP contribution in [0, 0.1) is 0 Å². The quantitative estimate of drug-likeness (QED) is 0.643. The van der Waals surface area contributed by atoms with Crippen LogP contribution in [-0.2, 0) is 4.79 Å². The largest absolute Gasteiger partial charge is 0.481 e. The highest BCUT2D eigenvalue weighted by Crippen LogP contribution is 2.60. The second kappa shape index (κ2) is 5.86. The molecule has 0 saturated carbocycles. The summed E-state index contributed by atoms with van der Waals surface area (Å²) in [5.74, 6) is -32.4. The third-order valence-corrected chi connectivity index (χ3v) is 3.09. The summed E-state index contributed by atoms with van der Waals surface area (Å²) in [5.41, 5.74) is -5.02. The van der Waals surface area contributed by atoms with Crippen LogP contribution in [0.25, 0.3) is 0 Å². The van der Waals surface area contributed by atoms with E-state index >= 15 is 0 Å². The first-order valence-corrected chi connectivity index (χ1v) is 5.71. The summed E-state index contributed by atoms with van der Waals surface area (Å²) in [5, 5.41) is 8.17. The van der Waals surface area contributed by atoms with Crippen molar-refractivity contribution in [3.8, 4) is 0 Å². The summed E-state index contributed by atoms with van der Waals surface area (Å²) in [6.45, 7) is 0.285. The summed E-state index contributed by atoms with van der Waals surface area (Å²) < 4.78 is 154. The van der Waals surface area contributed by atoms with E-state index in [9.17, 15) is 57.5 Å². The highest BCUT2D eigenvalue weighted by molar-refractivity contribution is 5.68. The van der Waals surface area contributed by atoms with E-state index in [0.29, 0.717) is 0 Å². The Labute approximate surface area is 125 Å². The molecule has 0 bridgehead atoms. The van der Waals surface area contributed by atoms with E-state index in [1.165, 1.54) is 0 Å². The monoisotopic (exact) mass is 388 g/mol. The molecule has 1 unspecified atom stereocenters. The first kappa shape index (κ1) is 22.6. The van der Waals surface area contributed by atoms with Crippen LogP contribution in [0.15, 0.2) is 0 Å². The predicted molar refractivity (Wildman–Crippen MR) is 52.2 cm³/mol. The Hall–Kier alpha value is -1.37. The number of carboxylic acids is 1. The summed E-state index contributed by atoms with van der Waals surface area (Å²) in [4.78, 5) is 10.2. The molecule has 0 amide bonds. The normalized spacial score (nSPS) is 17.5. The number of rotatable bonds is 7. The molecule has 0 heterocycles. The fraction of sp³-hybridized carbons (Fsp3) is 0.900. The second-order valence-corrected chi connectivity index (χ2v) is 4.68. The van der Waals surface area contributed by atoms with E-state index in [4.69, 9.17) is 5.11 Å². The van der Waals surface area contributed by atoms with Crippen LogP contribution in [-0.4, -0.2) is 46.6 Å². The lowest BCUT2D eigenvalue weighted by Crippen LogP contribution is -2.70. The maximum atomic E-state index is 13.8. The zero-order chi connectivity index (χ0) is 20.0. The van der Waals surface area contributed by atoms with E-state index in [1.54, 1.807) is 0 Å². The highest BCUT2D eigenvalue weighted by atomic mass is 19.4. The van der Waals surface area contributed by atoms with Crippen molar-refractivity contribution in [2.45, 2.75) is 55.3 Å². The maximum Gasteiger partial charge on any atom is 0.460 e. The lowest BCUT2D eigenvalue weighted by molar-refractivity contribution is -0.432. The number of halogens is 12. The third kappa shape index (κ3) is 2.98. The van der Waals surface area contributed by atoms with Crippen LogP contribution < -0.4 is 0 Å². The van der Waals surface area contributed by atoms with Crippen molar-refractivity contribution in [2.24, 2.45) is 0 Å². The van der Waals surface area contributed by atoms with Crippen molar-refractivity contribution < 1.29 is 62.6 Å². The van der Waals surface area contributed by atoms with Crippen LogP contribution in [0.2, 0.25) is 0 Å². The Balaban J connectivity index is 6.33. The SMILES string of the molecule is CCC(F)(CC(=O)O)C(F)(F)C(F)(F)C(F)(F)C(F)(F)C(F)(F)F. The lowest BCUT2D eigenvalue weighted by Gasteiger charge is -2.42. The molecular formula is C10H8F12O2. The number of hydrogen-bond acceptors (Lipinski definition) is 1. The molecule has 0 saturated heterocycles. The van der Waals surface area contributed by atoms with Gasteiger partial charge in [0.15, 0.2) is 5.67 Å². The van der Waals surface area contributed by atoms with Crippen molar-refractivity contribution in [3.05, 3.63) is 0 Å². The van der Waals surface area contributed by atoms with E-state index in [0.717, 1.165) is 0 Å². The first-order valence-electron chi connectivity index (χ1n) is 5.71. The molecule has 0 aromatic rings. The third-order valence-electron chi connectivity index (χ3n) is 3.09. The summed E-state index contributed by atoms with van der Waals surface area (Å²) in [6.07, 6.45) is -11.8. The molecule has 0 aromatic carbocycles. The van der Waals surface area contributed by atoms with Gasteiger partial charge in [0.2, 0.25) is 0 Å². The van der Waals surface area contributed by atoms with Gasteiger partial charge < -0.3 is 5.11 Å². The molecule has 24 heavy (non-hydrogen) atoms. The van der Waals surface area contributed by atoms with Gasteiger partial charge in [0, 0.05) is 0 Å². The average Bonchev–Trinajstić information content (AvgIpc) is 2.35. The zero-order valence-electron chi connectivity index (χ0n) is 11.3. The smallest absolute Gasteiger partial charge is 0.460 e. The minimum atomic E-state index is -7.77. The van der Waals surface area contributed by atoms with Gasteiger partial charge in [-0.25, -0.2) is 4.39 Å². The van der Waals surface area contributed by atoms with Gasteiger partial charge in [-0.2, -0.15) is 48.3 Å². The molecule has 0 rings (SSSR count). The molecule has 14 heteroatoms. The highest BCUT2D eigenvalue weighted by Gasteiger charge is 2.89. The molecule has 0 aromatic heterocycles. The van der Waals surface area contributed by atoms with Gasteiger partial charge in [-0.15, -0.1) is 0 Å². The minimum Gasteiger partial charge on any atom is -0.481 e. The fourth-order valence-electron chi connectivity index (χ4n) is 1.55. The van der Waals surface area contributed by atoms with Crippen LogP contribution in [0.4, 0.5) is 52.7 Å². The summed E-state index contributed by atoms with van der Waals surface area (Å²) in [6, 6.07) is 0. The topological polar surface area (TPSA) is 37.3 Å². The molecule has 0 aliphatic heterocycles. The Morgan fingerprint density at radius 2 is 1.04 bits per heavy atom. The minimum absolute atomic E-state index is 0.285.